The SMILES string of the molecule is Cc1ccc(NC(=O)C2C(=O)N(C)c3ccccc32)cc1. The number of fused-ring (bicyclic) bond motifs is 1. The molecule has 4 nitrogen and oxygen atoms in total. The zero-order chi connectivity index (χ0) is 15.0. The summed E-state index contributed by atoms with van der Waals surface area (Å²) >= 11 is 0. The zero-order valence-electron chi connectivity index (χ0n) is 12.0. The molecule has 0 aliphatic carbocycles. The van der Waals surface area contributed by atoms with Crippen molar-refractivity contribution >= 4 is 23.2 Å². The number of benzene rings is 2. The fraction of sp³-hybridized carbons (Fsp3) is 0.176. The van der Waals surface area contributed by atoms with Crippen LogP contribution in [0.4, 0.5) is 11.4 Å². The maximum absolute atomic E-state index is 12.5. The van der Waals surface area contributed by atoms with Crippen molar-refractivity contribution in [2.45, 2.75) is 12.8 Å². The summed E-state index contributed by atoms with van der Waals surface area (Å²) in [5.41, 5.74) is 3.38. The van der Waals surface area contributed by atoms with Crippen LogP contribution in [0, 0.1) is 6.92 Å². The monoisotopic (exact) mass is 280 g/mol. The van der Waals surface area contributed by atoms with Gasteiger partial charge >= 0.3 is 0 Å². The molecule has 0 aromatic heterocycles. The molecule has 1 atom stereocenters. The van der Waals surface area contributed by atoms with Crippen molar-refractivity contribution in [2.24, 2.45) is 0 Å². The van der Waals surface area contributed by atoms with Gasteiger partial charge in [0.1, 0.15) is 5.92 Å². The first-order valence-electron chi connectivity index (χ1n) is 6.82. The lowest BCUT2D eigenvalue weighted by Gasteiger charge is -2.12. The van der Waals surface area contributed by atoms with Crippen molar-refractivity contribution in [3.05, 3.63) is 59.7 Å². The minimum atomic E-state index is -0.771. The van der Waals surface area contributed by atoms with Crippen LogP contribution in [0.5, 0.6) is 0 Å². The lowest BCUT2D eigenvalue weighted by Crippen LogP contribution is -2.31. The summed E-state index contributed by atoms with van der Waals surface area (Å²) in [6.07, 6.45) is 0. The van der Waals surface area contributed by atoms with Crippen LogP contribution in [0.2, 0.25) is 0 Å². The summed E-state index contributed by atoms with van der Waals surface area (Å²) in [6.45, 7) is 1.98. The molecule has 0 saturated carbocycles. The number of nitrogens with zero attached hydrogens (tertiary/aromatic N) is 1. The second-order valence-corrected chi connectivity index (χ2v) is 5.24. The molecule has 1 unspecified atom stereocenters. The van der Waals surface area contributed by atoms with E-state index in [-0.39, 0.29) is 11.8 Å². The Bertz CT molecular complexity index is 707. The number of aryl methyl sites for hydroxylation is 1. The number of anilines is 2. The molecule has 1 aliphatic heterocycles. The highest BCUT2D eigenvalue weighted by molar-refractivity contribution is 6.20. The third-order valence-electron chi connectivity index (χ3n) is 3.77. The lowest BCUT2D eigenvalue weighted by atomic mass is 10.00. The largest absolute Gasteiger partial charge is 0.325 e. The highest BCUT2D eigenvalue weighted by atomic mass is 16.2. The van der Waals surface area contributed by atoms with Gasteiger partial charge in [0, 0.05) is 18.4 Å². The molecule has 0 bridgehead atoms. The van der Waals surface area contributed by atoms with Crippen LogP contribution in [0.3, 0.4) is 0 Å². The Kier molecular flexibility index (Phi) is 3.22. The van der Waals surface area contributed by atoms with Gasteiger partial charge in [-0.05, 0) is 30.7 Å². The van der Waals surface area contributed by atoms with Gasteiger partial charge in [-0.1, -0.05) is 35.9 Å². The van der Waals surface area contributed by atoms with Gasteiger partial charge in [0.25, 0.3) is 0 Å². The Morgan fingerprint density at radius 3 is 2.48 bits per heavy atom. The first-order valence-corrected chi connectivity index (χ1v) is 6.82. The fourth-order valence-corrected chi connectivity index (χ4v) is 2.59. The Morgan fingerprint density at radius 1 is 1.10 bits per heavy atom. The van der Waals surface area contributed by atoms with Gasteiger partial charge in [-0.3, -0.25) is 9.59 Å². The van der Waals surface area contributed by atoms with Crippen LogP contribution < -0.4 is 10.2 Å². The standard InChI is InChI=1S/C17H16N2O2/c1-11-7-9-12(10-8-11)18-16(20)15-13-5-3-4-6-14(13)19(2)17(15)21/h3-10,15H,1-2H3,(H,18,20). The Labute approximate surface area is 123 Å². The number of nitrogens with one attached hydrogen (secondary N) is 1. The number of carbonyl (C=O) groups excluding carboxylic acids is 2. The number of para-hydroxylation sites is 1. The predicted octanol–water partition coefficient (Wildman–Crippen LogP) is 2.69. The first-order chi connectivity index (χ1) is 10.1. The molecule has 0 fully saturated rings. The van der Waals surface area contributed by atoms with E-state index in [0.717, 1.165) is 16.8 Å². The van der Waals surface area contributed by atoms with Gasteiger partial charge < -0.3 is 10.2 Å². The van der Waals surface area contributed by atoms with Gasteiger partial charge in [0.15, 0.2) is 0 Å². The van der Waals surface area contributed by atoms with Crippen molar-refractivity contribution in [3.8, 4) is 0 Å². The Hall–Kier alpha value is -2.62. The maximum Gasteiger partial charge on any atom is 0.243 e. The predicted molar refractivity (Wildman–Crippen MR) is 82.4 cm³/mol. The molecule has 2 amide bonds. The van der Waals surface area contributed by atoms with E-state index in [1.54, 1.807) is 7.05 Å². The summed E-state index contributed by atoms with van der Waals surface area (Å²) in [5, 5.41) is 2.82. The number of amides is 2. The Morgan fingerprint density at radius 2 is 1.76 bits per heavy atom. The molecule has 0 saturated heterocycles. The average Bonchev–Trinajstić information content (AvgIpc) is 2.74. The molecule has 4 heteroatoms. The smallest absolute Gasteiger partial charge is 0.243 e. The second kappa shape index (κ2) is 5.05. The minimum Gasteiger partial charge on any atom is -0.325 e. The van der Waals surface area contributed by atoms with Crippen LogP contribution in [0.1, 0.15) is 17.0 Å². The van der Waals surface area contributed by atoms with Crippen molar-refractivity contribution in [3.63, 3.8) is 0 Å². The highest BCUT2D eigenvalue weighted by Gasteiger charge is 2.39. The Balaban J connectivity index is 1.88. The molecule has 3 rings (SSSR count). The van der Waals surface area contributed by atoms with E-state index < -0.39 is 5.92 Å². The fourth-order valence-electron chi connectivity index (χ4n) is 2.59. The third-order valence-corrected chi connectivity index (χ3v) is 3.77. The van der Waals surface area contributed by atoms with E-state index in [0.29, 0.717) is 5.69 Å². The molecular weight excluding hydrogens is 264 g/mol. The van der Waals surface area contributed by atoms with Crippen LogP contribution in [0.15, 0.2) is 48.5 Å². The number of hydrogen-bond donors (Lipinski definition) is 1. The molecule has 0 radical (unpaired) electrons. The van der Waals surface area contributed by atoms with E-state index >= 15 is 0 Å². The topological polar surface area (TPSA) is 49.4 Å². The maximum atomic E-state index is 12.5. The summed E-state index contributed by atoms with van der Waals surface area (Å²) in [6, 6.07) is 14.9. The molecule has 21 heavy (non-hydrogen) atoms. The summed E-state index contributed by atoms with van der Waals surface area (Å²) < 4.78 is 0. The summed E-state index contributed by atoms with van der Waals surface area (Å²) in [4.78, 5) is 26.3. The van der Waals surface area contributed by atoms with Gasteiger partial charge in [0.2, 0.25) is 11.8 Å². The van der Waals surface area contributed by atoms with E-state index in [1.807, 2.05) is 55.5 Å². The van der Waals surface area contributed by atoms with E-state index in [4.69, 9.17) is 0 Å². The van der Waals surface area contributed by atoms with Crippen molar-refractivity contribution < 1.29 is 9.59 Å². The second-order valence-electron chi connectivity index (χ2n) is 5.24. The van der Waals surface area contributed by atoms with Gasteiger partial charge in [-0.25, -0.2) is 0 Å². The molecule has 0 spiro atoms. The molecule has 1 N–H and O–H groups in total. The van der Waals surface area contributed by atoms with Crippen molar-refractivity contribution in [1.82, 2.24) is 0 Å². The minimum absolute atomic E-state index is 0.194. The number of hydrogen-bond acceptors (Lipinski definition) is 2. The molecule has 1 heterocycles. The summed E-state index contributed by atoms with van der Waals surface area (Å²) in [5.74, 6) is -1.26. The summed E-state index contributed by atoms with van der Waals surface area (Å²) in [7, 11) is 1.69. The van der Waals surface area contributed by atoms with Crippen molar-refractivity contribution in [1.29, 1.82) is 0 Å². The number of likely N-dealkylation sites (N-methyl/N-ethyl adjacent to an activating group) is 1. The molecule has 1 aliphatic rings. The van der Waals surface area contributed by atoms with Crippen LogP contribution in [-0.2, 0) is 9.59 Å². The van der Waals surface area contributed by atoms with Gasteiger partial charge in [-0.15, -0.1) is 0 Å². The van der Waals surface area contributed by atoms with Crippen LogP contribution in [0.25, 0.3) is 0 Å². The molecule has 2 aromatic carbocycles. The van der Waals surface area contributed by atoms with Crippen LogP contribution >= 0.6 is 0 Å². The normalized spacial score (nSPS) is 16.8. The van der Waals surface area contributed by atoms with E-state index in [1.165, 1.54) is 4.90 Å². The third kappa shape index (κ3) is 2.29. The first kappa shape index (κ1) is 13.4. The zero-order valence-corrected chi connectivity index (χ0v) is 12.0. The molecule has 2 aromatic rings. The van der Waals surface area contributed by atoms with E-state index in [9.17, 15) is 9.59 Å². The van der Waals surface area contributed by atoms with Crippen molar-refractivity contribution in [2.75, 3.05) is 17.3 Å². The highest BCUT2D eigenvalue weighted by Crippen LogP contribution is 2.36. The average molecular weight is 280 g/mol. The molecule has 106 valence electrons. The van der Waals surface area contributed by atoms with Gasteiger partial charge in [-0.2, -0.15) is 0 Å². The van der Waals surface area contributed by atoms with Crippen LogP contribution in [-0.4, -0.2) is 18.9 Å². The quantitative estimate of drug-likeness (QED) is 0.860. The lowest BCUT2D eigenvalue weighted by molar-refractivity contribution is -0.126. The van der Waals surface area contributed by atoms with Gasteiger partial charge in [0.05, 0.1) is 0 Å². The number of carbonyl (C=O) groups is 2. The van der Waals surface area contributed by atoms with E-state index in [2.05, 4.69) is 5.32 Å². The molecular formula is C17H16N2O2. The number of rotatable bonds is 2.